The molecule has 0 atom stereocenters. The van der Waals surface area contributed by atoms with Crippen LogP contribution in [-0.2, 0) is 0 Å². The predicted molar refractivity (Wildman–Crippen MR) is 70.7 cm³/mol. The standard InChI is InChI=1S/C13H11N3O4/c17-10-2-1-9(11(18)12(10)19)7-15-16-13(20)8-3-5-14-6-4-8/h1-7,17-19H,(H,16,20). The third-order valence-corrected chi connectivity index (χ3v) is 2.47. The SMILES string of the molecule is O=C(NN=Cc1ccc(O)c(O)c1O)c1ccncc1. The Morgan fingerprint density at radius 2 is 1.80 bits per heavy atom. The smallest absolute Gasteiger partial charge is 0.271 e. The lowest BCUT2D eigenvalue weighted by Crippen LogP contribution is -2.17. The minimum absolute atomic E-state index is 0.148. The molecule has 1 amide bonds. The molecule has 7 heteroatoms. The first-order valence-corrected chi connectivity index (χ1v) is 5.57. The van der Waals surface area contributed by atoms with Crippen molar-refractivity contribution < 1.29 is 20.1 Å². The summed E-state index contributed by atoms with van der Waals surface area (Å²) in [6.07, 6.45) is 4.10. The maximum Gasteiger partial charge on any atom is 0.271 e. The summed E-state index contributed by atoms with van der Waals surface area (Å²) in [5, 5.41) is 31.7. The Morgan fingerprint density at radius 3 is 2.50 bits per heavy atom. The molecule has 1 aromatic carbocycles. The lowest BCUT2D eigenvalue weighted by atomic mass is 10.2. The van der Waals surface area contributed by atoms with Crippen molar-refractivity contribution >= 4 is 12.1 Å². The number of phenolic OH excluding ortho intramolecular Hbond substituents is 3. The van der Waals surface area contributed by atoms with Gasteiger partial charge in [-0.15, -0.1) is 0 Å². The molecule has 2 rings (SSSR count). The van der Waals surface area contributed by atoms with Gasteiger partial charge in [-0.2, -0.15) is 5.10 Å². The van der Waals surface area contributed by atoms with Gasteiger partial charge in [-0.05, 0) is 24.3 Å². The quantitative estimate of drug-likeness (QED) is 0.378. The number of hydrogen-bond donors (Lipinski definition) is 4. The molecule has 0 aliphatic carbocycles. The van der Waals surface area contributed by atoms with Crippen molar-refractivity contribution in [2.45, 2.75) is 0 Å². The maximum absolute atomic E-state index is 11.6. The molecule has 0 unspecified atom stereocenters. The zero-order valence-electron chi connectivity index (χ0n) is 10.2. The fraction of sp³-hybridized carbons (Fsp3) is 0. The van der Waals surface area contributed by atoms with Crippen molar-refractivity contribution in [3.8, 4) is 17.2 Å². The summed E-state index contributed by atoms with van der Waals surface area (Å²) in [7, 11) is 0. The molecule has 7 nitrogen and oxygen atoms in total. The van der Waals surface area contributed by atoms with Gasteiger partial charge in [0.1, 0.15) is 0 Å². The van der Waals surface area contributed by atoms with Crippen molar-refractivity contribution in [1.29, 1.82) is 0 Å². The van der Waals surface area contributed by atoms with Crippen LogP contribution in [0.3, 0.4) is 0 Å². The van der Waals surface area contributed by atoms with Crippen LogP contribution in [0.4, 0.5) is 0 Å². The van der Waals surface area contributed by atoms with Gasteiger partial charge in [0.2, 0.25) is 5.75 Å². The van der Waals surface area contributed by atoms with E-state index in [1.807, 2.05) is 0 Å². The molecule has 0 saturated heterocycles. The van der Waals surface area contributed by atoms with E-state index in [1.54, 1.807) is 0 Å². The normalized spacial score (nSPS) is 10.6. The summed E-state index contributed by atoms with van der Waals surface area (Å²) in [5.41, 5.74) is 2.79. The highest BCUT2D eigenvalue weighted by Gasteiger charge is 2.09. The van der Waals surface area contributed by atoms with Crippen LogP contribution in [0.5, 0.6) is 17.2 Å². The molecule has 0 saturated carbocycles. The van der Waals surface area contributed by atoms with Gasteiger partial charge in [-0.25, -0.2) is 5.43 Å². The number of nitrogens with one attached hydrogen (secondary N) is 1. The number of pyridine rings is 1. The number of amides is 1. The van der Waals surface area contributed by atoms with Gasteiger partial charge < -0.3 is 15.3 Å². The Morgan fingerprint density at radius 1 is 1.10 bits per heavy atom. The van der Waals surface area contributed by atoms with Crippen molar-refractivity contribution in [2.24, 2.45) is 5.10 Å². The Bertz CT molecular complexity index is 656. The summed E-state index contributed by atoms with van der Waals surface area (Å²) in [5.74, 6) is -2.05. The number of carbonyl (C=O) groups is 1. The van der Waals surface area contributed by atoms with Gasteiger partial charge in [-0.3, -0.25) is 9.78 Å². The first-order chi connectivity index (χ1) is 9.59. The molecule has 0 aliphatic rings. The lowest BCUT2D eigenvalue weighted by molar-refractivity contribution is 0.0955. The van der Waals surface area contributed by atoms with Crippen LogP contribution in [0.25, 0.3) is 0 Å². The second kappa shape index (κ2) is 5.70. The fourth-order valence-electron chi connectivity index (χ4n) is 1.42. The number of hydrazone groups is 1. The number of aromatic hydroxyl groups is 3. The van der Waals surface area contributed by atoms with Crippen LogP contribution in [0, 0.1) is 0 Å². The van der Waals surface area contributed by atoms with E-state index in [4.69, 9.17) is 5.11 Å². The van der Waals surface area contributed by atoms with Crippen molar-refractivity contribution in [1.82, 2.24) is 10.4 Å². The molecule has 4 N–H and O–H groups in total. The van der Waals surface area contributed by atoms with Crippen molar-refractivity contribution in [3.05, 3.63) is 47.8 Å². The van der Waals surface area contributed by atoms with E-state index in [2.05, 4.69) is 15.5 Å². The third-order valence-electron chi connectivity index (χ3n) is 2.47. The highest BCUT2D eigenvalue weighted by atomic mass is 16.3. The second-order valence-corrected chi connectivity index (χ2v) is 3.81. The summed E-state index contributed by atoms with van der Waals surface area (Å²) in [4.78, 5) is 15.4. The van der Waals surface area contributed by atoms with Crippen molar-refractivity contribution in [2.75, 3.05) is 0 Å². The Labute approximate surface area is 113 Å². The number of phenols is 3. The average Bonchev–Trinajstić information content (AvgIpc) is 2.48. The minimum Gasteiger partial charge on any atom is -0.504 e. The number of nitrogens with zero attached hydrogens (tertiary/aromatic N) is 2. The van der Waals surface area contributed by atoms with E-state index in [1.165, 1.54) is 36.7 Å². The topological polar surface area (TPSA) is 115 Å². The predicted octanol–water partition coefficient (Wildman–Crippen LogP) is 0.962. The first-order valence-electron chi connectivity index (χ1n) is 5.57. The van der Waals surface area contributed by atoms with Crippen LogP contribution in [0.1, 0.15) is 15.9 Å². The molecule has 0 spiro atoms. The monoisotopic (exact) mass is 273 g/mol. The first kappa shape index (κ1) is 13.3. The van der Waals surface area contributed by atoms with Gasteiger partial charge in [0, 0.05) is 23.5 Å². The fourth-order valence-corrected chi connectivity index (χ4v) is 1.42. The molecule has 1 heterocycles. The zero-order chi connectivity index (χ0) is 14.5. The van der Waals surface area contributed by atoms with Crippen LogP contribution < -0.4 is 5.43 Å². The Hall–Kier alpha value is -3.09. The molecule has 2 aromatic rings. The van der Waals surface area contributed by atoms with Crippen molar-refractivity contribution in [3.63, 3.8) is 0 Å². The molecule has 20 heavy (non-hydrogen) atoms. The van der Waals surface area contributed by atoms with E-state index in [9.17, 15) is 15.0 Å². The molecular weight excluding hydrogens is 262 g/mol. The van der Waals surface area contributed by atoms with E-state index in [0.29, 0.717) is 5.56 Å². The summed E-state index contributed by atoms with van der Waals surface area (Å²) < 4.78 is 0. The lowest BCUT2D eigenvalue weighted by Gasteiger charge is -2.03. The highest BCUT2D eigenvalue weighted by molar-refractivity contribution is 5.95. The van der Waals surface area contributed by atoms with Gasteiger partial charge in [0.05, 0.1) is 6.21 Å². The summed E-state index contributed by atoms with van der Waals surface area (Å²) in [6, 6.07) is 5.58. The number of rotatable bonds is 3. The van der Waals surface area contributed by atoms with Crippen LogP contribution in [0.2, 0.25) is 0 Å². The van der Waals surface area contributed by atoms with E-state index in [0.717, 1.165) is 6.21 Å². The Kier molecular flexibility index (Phi) is 3.80. The molecule has 0 aliphatic heterocycles. The molecule has 0 fully saturated rings. The van der Waals surface area contributed by atoms with Gasteiger partial charge >= 0.3 is 0 Å². The molecule has 0 bridgehead atoms. The highest BCUT2D eigenvalue weighted by Crippen LogP contribution is 2.36. The maximum atomic E-state index is 11.6. The Balaban J connectivity index is 2.08. The average molecular weight is 273 g/mol. The number of benzene rings is 1. The second-order valence-electron chi connectivity index (χ2n) is 3.81. The molecule has 0 radical (unpaired) electrons. The van der Waals surface area contributed by atoms with Crippen LogP contribution in [0.15, 0.2) is 41.8 Å². The summed E-state index contributed by atoms with van der Waals surface area (Å²) >= 11 is 0. The van der Waals surface area contributed by atoms with E-state index in [-0.39, 0.29) is 5.56 Å². The van der Waals surface area contributed by atoms with Gasteiger partial charge in [-0.1, -0.05) is 0 Å². The number of carbonyl (C=O) groups excluding carboxylic acids is 1. The molecule has 1 aromatic heterocycles. The molecule has 102 valence electrons. The number of hydrogen-bond acceptors (Lipinski definition) is 6. The summed E-state index contributed by atoms with van der Waals surface area (Å²) in [6.45, 7) is 0. The van der Waals surface area contributed by atoms with Gasteiger partial charge in [0.25, 0.3) is 5.91 Å². The van der Waals surface area contributed by atoms with Crippen LogP contribution >= 0.6 is 0 Å². The zero-order valence-corrected chi connectivity index (χ0v) is 10.2. The molecular formula is C13H11N3O4. The minimum atomic E-state index is -0.644. The third kappa shape index (κ3) is 2.83. The number of aromatic nitrogens is 1. The largest absolute Gasteiger partial charge is 0.504 e. The van der Waals surface area contributed by atoms with Gasteiger partial charge in [0.15, 0.2) is 11.5 Å². The van der Waals surface area contributed by atoms with E-state index < -0.39 is 23.2 Å². The van der Waals surface area contributed by atoms with E-state index >= 15 is 0 Å². The van der Waals surface area contributed by atoms with Crippen LogP contribution in [-0.4, -0.2) is 32.4 Å².